The van der Waals surface area contributed by atoms with Gasteiger partial charge in [-0.05, 0) is 0 Å². The Hall–Kier alpha value is -2.28. The maximum absolute atomic E-state index is 5.68. The highest BCUT2D eigenvalue weighted by molar-refractivity contribution is 7.98. The van der Waals surface area contributed by atoms with E-state index in [0.29, 0.717) is 16.8 Å². The smallest absolute Gasteiger partial charge is 0.209 e. The second-order valence-corrected chi connectivity index (χ2v) is 4.74. The number of hydrogen-bond acceptors (Lipinski definition) is 6. The molecule has 7 heteroatoms. The SMILES string of the molecule is Nn1cnnc1SCc1ncc(-c2ccccc2)o1. The van der Waals surface area contributed by atoms with Crippen LogP contribution in [0.4, 0.5) is 0 Å². The lowest BCUT2D eigenvalue weighted by atomic mass is 10.2. The van der Waals surface area contributed by atoms with Gasteiger partial charge in [-0.1, -0.05) is 42.1 Å². The van der Waals surface area contributed by atoms with Gasteiger partial charge < -0.3 is 10.3 Å². The maximum Gasteiger partial charge on any atom is 0.209 e. The Kier molecular flexibility index (Phi) is 3.20. The van der Waals surface area contributed by atoms with Gasteiger partial charge in [0.05, 0.1) is 11.9 Å². The van der Waals surface area contributed by atoms with E-state index in [1.807, 2.05) is 30.3 Å². The van der Waals surface area contributed by atoms with Crippen molar-refractivity contribution in [3.63, 3.8) is 0 Å². The highest BCUT2D eigenvalue weighted by Crippen LogP contribution is 2.23. The molecule has 0 aliphatic carbocycles. The van der Waals surface area contributed by atoms with E-state index in [2.05, 4.69) is 15.2 Å². The van der Waals surface area contributed by atoms with Gasteiger partial charge in [0.2, 0.25) is 11.0 Å². The minimum Gasteiger partial charge on any atom is -0.440 e. The molecule has 0 atom stereocenters. The summed E-state index contributed by atoms with van der Waals surface area (Å²) in [5.74, 6) is 7.57. The van der Waals surface area contributed by atoms with E-state index in [1.54, 1.807) is 6.20 Å². The zero-order valence-electron chi connectivity index (χ0n) is 9.93. The van der Waals surface area contributed by atoms with Crippen molar-refractivity contribution in [1.82, 2.24) is 19.9 Å². The van der Waals surface area contributed by atoms with Crippen LogP contribution >= 0.6 is 11.8 Å². The van der Waals surface area contributed by atoms with Gasteiger partial charge in [0.15, 0.2) is 5.76 Å². The van der Waals surface area contributed by atoms with Crippen molar-refractivity contribution >= 4 is 11.8 Å². The van der Waals surface area contributed by atoms with E-state index in [9.17, 15) is 0 Å². The third-order valence-corrected chi connectivity index (χ3v) is 3.42. The monoisotopic (exact) mass is 273 g/mol. The van der Waals surface area contributed by atoms with Crippen molar-refractivity contribution < 1.29 is 4.42 Å². The van der Waals surface area contributed by atoms with Crippen LogP contribution in [0.2, 0.25) is 0 Å². The predicted molar refractivity (Wildman–Crippen MR) is 71.7 cm³/mol. The van der Waals surface area contributed by atoms with Gasteiger partial charge in [-0.3, -0.25) is 0 Å². The third kappa shape index (κ3) is 2.60. The molecule has 0 saturated carbocycles. The van der Waals surface area contributed by atoms with Crippen LogP contribution in [-0.2, 0) is 5.75 Å². The first-order valence-electron chi connectivity index (χ1n) is 5.61. The molecule has 0 fully saturated rings. The lowest BCUT2D eigenvalue weighted by molar-refractivity contribution is 0.529. The summed E-state index contributed by atoms with van der Waals surface area (Å²) in [5.41, 5.74) is 1.01. The maximum atomic E-state index is 5.68. The van der Waals surface area contributed by atoms with Crippen LogP contribution in [0.5, 0.6) is 0 Å². The van der Waals surface area contributed by atoms with Crippen molar-refractivity contribution in [3.8, 4) is 11.3 Å². The number of oxazole rings is 1. The summed E-state index contributed by atoms with van der Waals surface area (Å²) in [4.78, 5) is 4.24. The van der Waals surface area contributed by atoms with Gasteiger partial charge in [0, 0.05) is 5.56 Å². The number of nitrogen functional groups attached to an aromatic ring is 1. The van der Waals surface area contributed by atoms with Gasteiger partial charge in [0.1, 0.15) is 6.33 Å². The number of benzene rings is 1. The zero-order valence-corrected chi connectivity index (χ0v) is 10.7. The quantitative estimate of drug-likeness (QED) is 0.578. The van der Waals surface area contributed by atoms with Crippen LogP contribution in [-0.4, -0.2) is 19.9 Å². The van der Waals surface area contributed by atoms with E-state index >= 15 is 0 Å². The highest BCUT2D eigenvalue weighted by atomic mass is 32.2. The molecule has 0 aliphatic rings. The van der Waals surface area contributed by atoms with Crippen LogP contribution in [0.3, 0.4) is 0 Å². The average Bonchev–Trinajstić information content (AvgIpc) is 3.06. The van der Waals surface area contributed by atoms with Gasteiger partial charge in [0.25, 0.3) is 0 Å². The number of hydrogen-bond donors (Lipinski definition) is 1. The summed E-state index contributed by atoms with van der Waals surface area (Å²) < 4.78 is 7.04. The third-order valence-electron chi connectivity index (χ3n) is 2.48. The summed E-state index contributed by atoms with van der Waals surface area (Å²) in [6, 6.07) is 9.85. The summed E-state index contributed by atoms with van der Waals surface area (Å²) in [6.07, 6.45) is 3.17. The van der Waals surface area contributed by atoms with Gasteiger partial charge in [-0.2, -0.15) is 0 Å². The normalized spacial score (nSPS) is 10.7. The Labute approximate surface area is 113 Å². The minimum absolute atomic E-state index is 0.558. The number of nitrogens with two attached hydrogens (primary N) is 1. The molecule has 0 spiro atoms. The molecule has 3 aromatic rings. The topological polar surface area (TPSA) is 82.8 Å². The first-order valence-corrected chi connectivity index (χ1v) is 6.59. The molecule has 2 N–H and O–H groups in total. The first-order chi connectivity index (χ1) is 9.33. The van der Waals surface area contributed by atoms with E-state index < -0.39 is 0 Å². The Morgan fingerprint density at radius 1 is 1.26 bits per heavy atom. The Morgan fingerprint density at radius 3 is 2.84 bits per heavy atom. The number of rotatable bonds is 4. The van der Waals surface area contributed by atoms with Crippen molar-refractivity contribution in [2.24, 2.45) is 0 Å². The molecule has 2 heterocycles. The summed E-state index contributed by atoms with van der Waals surface area (Å²) in [6.45, 7) is 0. The molecule has 0 saturated heterocycles. The molecule has 1 aromatic carbocycles. The molecule has 0 aliphatic heterocycles. The summed E-state index contributed by atoms with van der Waals surface area (Å²) in [7, 11) is 0. The number of nitrogens with zero attached hydrogens (tertiary/aromatic N) is 4. The fourth-order valence-electron chi connectivity index (χ4n) is 1.57. The van der Waals surface area contributed by atoms with Gasteiger partial charge in [-0.15, -0.1) is 10.2 Å². The molecule has 96 valence electrons. The standard InChI is InChI=1S/C12H11N5OS/c13-17-8-15-16-12(17)19-7-11-14-6-10(18-11)9-4-2-1-3-5-9/h1-6,8H,7,13H2. The second-order valence-electron chi connectivity index (χ2n) is 3.79. The fourth-order valence-corrected chi connectivity index (χ4v) is 2.26. The Morgan fingerprint density at radius 2 is 2.11 bits per heavy atom. The second kappa shape index (κ2) is 5.15. The molecule has 19 heavy (non-hydrogen) atoms. The lowest BCUT2D eigenvalue weighted by Gasteiger charge is -1.97. The van der Waals surface area contributed by atoms with Gasteiger partial charge >= 0.3 is 0 Å². The van der Waals surface area contributed by atoms with Crippen molar-refractivity contribution in [3.05, 3.63) is 48.7 Å². The minimum atomic E-state index is 0.558. The van der Waals surface area contributed by atoms with Crippen LogP contribution in [0.15, 0.2) is 52.4 Å². The molecule has 2 aromatic heterocycles. The zero-order chi connectivity index (χ0) is 13.1. The molecule has 0 unspecified atom stereocenters. The van der Waals surface area contributed by atoms with Gasteiger partial charge in [-0.25, -0.2) is 9.66 Å². The first kappa shape index (κ1) is 11.8. The van der Waals surface area contributed by atoms with E-state index in [1.165, 1.54) is 22.8 Å². The fraction of sp³-hybridized carbons (Fsp3) is 0.0833. The van der Waals surface area contributed by atoms with Crippen LogP contribution in [0.1, 0.15) is 5.89 Å². The van der Waals surface area contributed by atoms with E-state index in [-0.39, 0.29) is 0 Å². The van der Waals surface area contributed by atoms with Crippen molar-refractivity contribution in [2.45, 2.75) is 10.9 Å². The average molecular weight is 273 g/mol. The molecular weight excluding hydrogens is 262 g/mol. The van der Waals surface area contributed by atoms with Crippen molar-refractivity contribution in [2.75, 3.05) is 5.84 Å². The number of aromatic nitrogens is 4. The number of thioether (sulfide) groups is 1. The van der Waals surface area contributed by atoms with Crippen LogP contribution in [0, 0.1) is 0 Å². The molecular formula is C12H11N5OS. The summed E-state index contributed by atoms with van der Waals surface area (Å²) in [5, 5.41) is 8.20. The van der Waals surface area contributed by atoms with E-state index in [4.69, 9.17) is 10.3 Å². The Bertz CT molecular complexity index is 664. The molecule has 0 bridgehead atoms. The summed E-state index contributed by atoms with van der Waals surface area (Å²) >= 11 is 1.42. The van der Waals surface area contributed by atoms with Crippen molar-refractivity contribution in [1.29, 1.82) is 0 Å². The predicted octanol–water partition coefficient (Wildman–Crippen LogP) is 1.94. The van der Waals surface area contributed by atoms with E-state index in [0.717, 1.165) is 11.3 Å². The lowest BCUT2D eigenvalue weighted by Crippen LogP contribution is -2.07. The highest BCUT2D eigenvalue weighted by Gasteiger charge is 2.08. The van der Waals surface area contributed by atoms with Crippen LogP contribution in [0.25, 0.3) is 11.3 Å². The largest absolute Gasteiger partial charge is 0.440 e. The Balaban J connectivity index is 1.70. The molecule has 0 amide bonds. The molecule has 3 rings (SSSR count). The molecule has 0 radical (unpaired) electrons. The van der Waals surface area contributed by atoms with Crippen LogP contribution < -0.4 is 5.84 Å². The molecule has 6 nitrogen and oxygen atoms in total.